The predicted molar refractivity (Wildman–Crippen MR) is 176 cm³/mol. The van der Waals surface area contributed by atoms with Crippen LogP contribution in [0.15, 0.2) is 103 Å². The number of rotatable bonds is 12. The highest BCUT2D eigenvalue weighted by molar-refractivity contribution is 6.16. The van der Waals surface area contributed by atoms with E-state index in [1.54, 1.807) is 12.3 Å². The largest absolute Gasteiger partial charge is 0.389 e. The van der Waals surface area contributed by atoms with Gasteiger partial charge in [-0.15, -0.1) is 6.58 Å². The number of hydrogen-bond acceptors (Lipinski definition) is 8. The predicted octanol–water partition coefficient (Wildman–Crippen LogP) is 5.25. The number of anilines is 2. The van der Waals surface area contributed by atoms with Crippen molar-refractivity contribution in [2.45, 2.75) is 44.9 Å². The molecule has 0 fully saturated rings. The summed E-state index contributed by atoms with van der Waals surface area (Å²) in [5.74, 6) is 0.539. The van der Waals surface area contributed by atoms with Gasteiger partial charge in [0.1, 0.15) is 18.0 Å². The Morgan fingerprint density at radius 2 is 1.95 bits per heavy atom. The molecule has 1 aromatic heterocycles. The molecule has 6 N–H and O–H groups in total. The lowest BCUT2D eigenvalue weighted by Gasteiger charge is -2.17. The standard InChI is InChI=1S/C28H29N7O2.C6H10/c1-31-13-12-19-4-2-3-5-21(19)14-24(37)32-16-18-6-8-20(9-7-18)26(29)25-27(30)33-17-34-28(25)35-22-10-11-23(36)15-22;1-3-5-6-4-2/h2-13,17,22-23,29,36H,1,14-16H2,(H,32,37)(H3,30,33,34,35);3-4,6H,1,5H2,2H3/b13-12-,29-26?;6-4-. The molecule has 0 radical (unpaired) electrons. The minimum Gasteiger partial charge on any atom is -0.389 e. The van der Waals surface area contributed by atoms with Crippen molar-refractivity contribution in [3.8, 4) is 0 Å². The Morgan fingerprint density at radius 1 is 1.19 bits per heavy atom. The van der Waals surface area contributed by atoms with Gasteiger partial charge < -0.3 is 21.5 Å². The molecule has 1 aliphatic rings. The fraction of sp³-hybridized carbons (Fsp3) is 0.206. The van der Waals surface area contributed by atoms with Gasteiger partial charge in [0.2, 0.25) is 5.91 Å². The zero-order valence-electron chi connectivity index (χ0n) is 24.4. The van der Waals surface area contributed by atoms with Crippen molar-refractivity contribution in [2.75, 3.05) is 11.1 Å². The van der Waals surface area contributed by atoms with Crippen LogP contribution in [0.5, 0.6) is 0 Å². The Labute approximate surface area is 253 Å². The highest BCUT2D eigenvalue weighted by Crippen LogP contribution is 2.24. The topological polar surface area (TPSA) is 149 Å². The number of nitrogen functional groups attached to an aromatic ring is 1. The Balaban J connectivity index is 0.000000765. The molecule has 43 heavy (non-hydrogen) atoms. The van der Waals surface area contributed by atoms with Crippen LogP contribution in [0.1, 0.15) is 47.6 Å². The fourth-order valence-electron chi connectivity index (χ4n) is 4.31. The zero-order chi connectivity index (χ0) is 31.0. The van der Waals surface area contributed by atoms with Gasteiger partial charge in [0.15, 0.2) is 0 Å². The molecule has 4 rings (SSSR count). The molecule has 3 aromatic rings. The number of nitrogens with two attached hydrogens (primary N) is 1. The Bertz CT molecular complexity index is 1490. The third-order valence-electron chi connectivity index (χ3n) is 6.55. The monoisotopic (exact) mass is 577 g/mol. The summed E-state index contributed by atoms with van der Waals surface area (Å²) in [4.78, 5) is 24.6. The normalized spacial score (nSPS) is 15.6. The number of carbonyl (C=O) groups is 1. The second-order valence-electron chi connectivity index (χ2n) is 9.74. The van der Waals surface area contributed by atoms with Crippen molar-refractivity contribution in [3.05, 3.63) is 126 Å². The number of aliphatic imine (C=N–C) groups is 1. The molecule has 0 spiro atoms. The number of aliphatic hydroxyl groups is 1. The van der Waals surface area contributed by atoms with Crippen molar-refractivity contribution in [1.29, 1.82) is 5.41 Å². The van der Waals surface area contributed by atoms with Crippen LogP contribution in [0.4, 0.5) is 11.6 Å². The number of nitrogens with zero attached hydrogens (tertiary/aromatic N) is 3. The van der Waals surface area contributed by atoms with Gasteiger partial charge in [0, 0.05) is 30.8 Å². The van der Waals surface area contributed by atoms with Crippen molar-refractivity contribution in [1.82, 2.24) is 15.3 Å². The van der Waals surface area contributed by atoms with Crippen LogP contribution in [0.25, 0.3) is 6.08 Å². The van der Waals surface area contributed by atoms with Crippen LogP contribution in [-0.4, -0.2) is 45.6 Å². The number of nitrogens with one attached hydrogen (secondary N) is 3. The van der Waals surface area contributed by atoms with E-state index in [4.69, 9.17) is 11.1 Å². The molecule has 0 saturated carbocycles. The van der Waals surface area contributed by atoms with Crippen LogP contribution in [-0.2, 0) is 17.8 Å². The van der Waals surface area contributed by atoms with E-state index >= 15 is 0 Å². The van der Waals surface area contributed by atoms with Gasteiger partial charge in [-0.2, -0.15) is 0 Å². The van der Waals surface area contributed by atoms with Gasteiger partial charge >= 0.3 is 0 Å². The molecule has 222 valence electrons. The molecule has 2 atom stereocenters. The van der Waals surface area contributed by atoms with Gasteiger partial charge in [-0.25, -0.2) is 9.97 Å². The molecule has 0 aliphatic heterocycles. The smallest absolute Gasteiger partial charge is 0.224 e. The molecular weight excluding hydrogens is 538 g/mol. The summed E-state index contributed by atoms with van der Waals surface area (Å²) in [5.41, 5.74) is 10.1. The van der Waals surface area contributed by atoms with Gasteiger partial charge in [0.25, 0.3) is 0 Å². The van der Waals surface area contributed by atoms with Crippen molar-refractivity contribution < 1.29 is 9.90 Å². The Kier molecular flexibility index (Phi) is 12.8. The van der Waals surface area contributed by atoms with Crippen LogP contribution in [0, 0.1) is 5.41 Å². The number of aromatic nitrogens is 2. The van der Waals surface area contributed by atoms with Crippen molar-refractivity contribution in [2.24, 2.45) is 4.99 Å². The SMILES string of the molecule is C=CC/C=C\C.C=N/C=C\c1ccccc1CC(=O)NCc1ccc(C(=N)c2c(N)ncnc2NC2C=CC(O)C2)cc1. The molecule has 1 amide bonds. The summed E-state index contributed by atoms with van der Waals surface area (Å²) in [6.07, 6.45) is 15.6. The maximum Gasteiger partial charge on any atom is 0.224 e. The summed E-state index contributed by atoms with van der Waals surface area (Å²) in [6.45, 7) is 9.35. The first-order valence-electron chi connectivity index (χ1n) is 14.0. The Morgan fingerprint density at radius 3 is 2.60 bits per heavy atom. The first-order chi connectivity index (χ1) is 20.9. The maximum atomic E-state index is 12.5. The molecule has 9 heteroatoms. The maximum absolute atomic E-state index is 12.5. The number of hydrogen-bond donors (Lipinski definition) is 5. The third-order valence-corrected chi connectivity index (χ3v) is 6.55. The minimum absolute atomic E-state index is 0.0970. The number of benzene rings is 2. The van der Waals surface area contributed by atoms with Gasteiger partial charge in [0.05, 0.1) is 23.8 Å². The van der Waals surface area contributed by atoms with Crippen LogP contribution >= 0.6 is 0 Å². The van der Waals surface area contributed by atoms with Crippen LogP contribution in [0.3, 0.4) is 0 Å². The van der Waals surface area contributed by atoms with E-state index < -0.39 is 6.10 Å². The van der Waals surface area contributed by atoms with E-state index in [1.807, 2.05) is 79.8 Å². The lowest BCUT2D eigenvalue weighted by molar-refractivity contribution is -0.120. The molecule has 2 unspecified atom stereocenters. The number of aliphatic hydroxyl groups excluding tert-OH is 1. The van der Waals surface area contributed by atoms with Gasteiger partial charge in [-0.1, -0.05) is 78.9 Å². The lowest BCUT2D eigenvalue weighted by atomic mass is 10.0. The molecular formula is C34H39N7O2. The van der Waals surface area contributed by atoms with E-state index in [9.17, 15) is 9.90 Å². The average molecular weight is 578 g/mol. The third kappa shape index (κ3) is 10.0. The summed E-state index contributed by atoms with van der Waals surface area (Å²) in [7, 11) is 0. The number of amides is 1. The van der Waals surface area contributed by atoms with Crippen LogP contribution in [0.2, 0.25) is 0 Å². The second kappa shape index (κ2) is 17.0. The van der Waals surface area contributed by atoms with E-state index in [0.29, 0.717) is 29.9 Å². The van der Waals surface area contributed by atoms with E-state index in [-0.39, 0.29) is 29.9 Å². The highest BCUT2D eigenvalue weighted by atomic mass is 16.3. The van der Waals surface area contributed by atoms with E-state index in [0.717, 1.165) is 23.1 Å². The first-order valence-corrected chi connectivity index (χ1v) is 14.0. The molecule has 2 aromatic carbocycles. The molecule has 0 bridgehead atoms. The zero-order valence-corrected chi connectivity index (χ0v) is 24.4. The lowest BCUT2D eigenvalue weighted by Crippen LogP contribution is -2.24. The number of carbonyl (C=O) groups excluding carboxylic acids is 1. The summed E-state index contributed by atoms with van der Waals surface area (Å²) in [6, 6.07) is 14.9. The van der Waals surface area contributed by atoms with E-state index in [2.05, 4.69) is 45.0 Å². The summed E-state index contributed by atoms with van der Waals surface area (Å²) >= 11 is 0. The number of allylic oxidation sites excluding steroid dienone is 3. The van der Waals surface area contributed by atoms with Crippen molar-refractivity contribution in [3.63, 3.8) is 0 Å². The van der Waals surface area contributed by atoms with Crippen molar-refractivity contribution >= 4 is 36.0 Å². The molecule has 0 saturated heterocycles. The second-order valence-corrected chi connectivity index (χ2v) is 9.74. The molecule has 9 nitrogen and oxygen atoms in total. The fourth-order valence-corrected chi connectivity index (χ4v) is 4.31. The minimum atomic E-state index is -0.506. The Hall–Kier alpha value is -5.15. The average Bonchev–Trinajstić information content (AvgIpc) is 3.43. The summed E-state index contributed by atoms with van der Waals surface area (Å²) in [5, 5.41) is 24.7. The van der Waals surface area contributed by atoms with Crippen LogP contribution < -0.4 is 16.4 Å². The van der Waals surface area contributed by atoms with Gasteiger partial charge in [-0.05, 0) is 42.8 Å². The first kappa shape index (κ1) is 32.4. The summed E-state index contributed by atoms with van der Waals surface area (Å²) < 4.78 is 0. The van der Waals surface area contributed by atoms with E-state index in [1.165, 1.54) is 6.33 Å². The molecule has 1 heterocycles. The quantitative estimate of drug-likeness (QED) is 0.147. The van der Waals surface area contributed by atoms with Gasteiger partial charge in [-0.3, -0.25) is 15.2 Å². The molecule has 1 aliphatic carbocycles. The highest BCUT2D eigenvalue weighted by Gasteiger charge is 2.21.